The Morgan fingerprint density at radius 3 is 1.87 bits per heavy atom. The summed E-state index contributed by atoms with van der Waals surface area (Å²) >= 11 is -2.68. The molecule has 1 amide bonds. The summed E-state index contributed by atoms with van der Waals surface area (Å²) in [4.78, 5) is 20.0. The van der Waals surface area contributed by atoms with Crippen LogP contribution in [0.2, 0.25) is 31.4 Å². The van der Waals surface area contributed by atoms with E-state index in [2.05, 4.69) is 66.9 Å². The van der Waals surface area contributed by atoms with Crippen molar-refractivity contribution in [3.8, 4) is 0 Å². The number of hydrogen-bond donors (Lipinski definition) is 0. The van der Waals surface area contributed by atoms with Gasteiger partial charge in [-0.05, 0) is 0 Å². The van der Waals surface area contributed by atoms with Gasteiger partial charge in [0.25, 0.3) is 0 Å². The van der Waals surface area contributed by atoms with E-state index in [1.807, 2.05) is 31.9 Å². The summed E-state index contributed by atoms with van der Waals surface area (Å²) in [5, 5.41) is 0.169. The van der Waals surface area contributed by atoms with E-state index in [1.165, 1.54) is 55.4 Å². The number of unbranched alkanes of at least 4 members (excludes halogenated alkanes) is 3. The van der Waals surface area contributed by atoms with Crippen molar-refractivity contribution in [2.75, 3.05) is 18.1 Å². The molecule has 5 nitrogen and oxygen atoms in total. The van der Waals surface area contributed by atoms with Gasteiger partial charge in [0.1, 0.15) is 0 Å². The Morgan fingerprint density at radius 2 is 1.42 bits per heavy atom. The van der Waals surface area contributed by atoms with E-state index in [4.69, 9.17) is 14.1 Å². The number of amides is 1. The first kappa shape index (κ1) is 35.4. The zero-order valence-corrected chi connectivity index (χ0v) is 30.7. The van der Waals surface area contributed by atoms with Crippen molar-refractivity contribution in [1.29, 1.82) is 0 Å². The van der Waals surface area contributed by atoms with Crippen LogP contribution in [0.25, 0.3) is 0 Å². The Morgan fingerprint density at radius 1 is 0.895 bits per heavy atom. The molecule has 1 heterocycles. The number of nitrogens with zero attached hydrogens (tertiary/aromatic N) is 2. The molecule has 0 N–H and O–H groups in total. The number of rotatable bonds is 16. The fourth-order valence-corrected chi connectivity index (χ4v) is 21.4. The molecule has 1 aromatic rings. The van der Waals surface area contributed by atoms with Crippen molar-refractivity contribution in [3.05, 3.63) is 18.5 Å². The van der Waals surface area contributed by atoms with Crippen LogP contribution >= 0.6 is 0 Å². The molecule has 0 saturated heterocycles. The van der Waals surface area contributed by atoms with E-state index in [0.717, 1.165) is 12.1 Å². The maximum absolute atomic E-state index is 13.4. The van der Waals surface area contributed by atoms with E-state index >= 15 is 0 Å². The third-order valence-corrected chi connectivity index (χ3v) is 28.1. The topological polar surface area (TPSA) is 51.7 Å². The quantitative estimate of drug-likeness (QED) is 0.132. The Bertz CT molecular complexity index is 811. The summed E-state index contributed by atoms with van der Waals surface area (Å²) in [6.07, 6.45) is 12.1. The van der Waals surface area contributed by atoms with Gasteiger partial charge in [0.15, 0.2) is 0 Å². The number of ether oxygens (including phenoxy) is 1. The Balaban J connectivity index is 3.33. The van der Waals surface area contributed by atoms with Crippen molar-refractivity contribution in [2.24, 2.45) is 0 Å². The molecule has 0 aromatic carbocycles. The van der Waals surface area contributed by atoms with Gasteiger partial charge in [-0.25, -0.2) is 0 Å². The number of pyridine rings is 1. The summed E-state index contributed by atoms with van der Waals surface area (Å²) in [6, 6.07) is 2.32. The summed E-state index contributed by atoms with van der Waals surface area (Å²) in [5.41, 5.74) is 0.333. The molecule has 0 aliphatic carbocycles. The van der Waals surface area contributed by atoms with Crippen molar-refractivity contribution in [2.45, 2.75) is 144 Å². The number of hydrogen-bond acceptors (Lipinski definition) is 4. The van der Waals surface area contributed by atoms with Gasteiger partial charge in [-0.1, -0.05) is 0 Å². The molecule has 220 valence electrons. The van der Waals surface area contributed by atoms with Gasteiger partial charge in [-0.2, -0.15) is 0 Å². The number of anilines is 1. The first-order valence-electron chi connectivity index (χ1n) is 15.2. The van der Waals surface area contributed by atoms with Crippen LogP contribution in [0.3, 0.4) is 0 Å². The normalized spacial score (nSPS) is 13.0. The van der Waals surface area contributed by atoms with Crippen molar-refractivity contribution < 1.29 is 14.0 Å². The van der Waals surface area contributed by atoms with E-state index in [9.17, 15) is 4.79 Å². The van der Waals surface area contributed by atoms with Gasteiger partial charge in [-0.3, -0.25) is 0 Å². The number of aromatic nitrogens is 1. The Kier molecular flexibility index (Phi) is 14.9. The van der Waals surface area contributed by atoms with Gasteiger partial charge in [0.05, 0.1) is 0 Å². The van der Waals surface area contributed by atoms with Gasteiger partial charge >= 0.3 is 242 Å². The molecule has 1 rings (SSSR count). The van der Waals surface area contributed by atoms with Gasteiger partial charge in [0.2, 0.25) is 0 Å². The second kappa shape index (κ2) is 16.0. The van der Waals surface area contributed by atoms with E-state index in [-0.39, 0.29) is 11.1 Å². The minimum atomic E-state index is -2.68. The fraction of sp³-hybridized carbons (Fsp3) is 0.806. The SMILES string of the molecule is CCC[CH2][Sn]([CH2]CCC)([CH2]CCC)[c]1cncc(N(CCCO[Si](C)(C)C(C)(C)C)C(=O)OC(C)(C)C)c1. The zero-order valence-electron chi connectivity index (χ0n) is 26.8. The minimum absolute atomic E-state index is 0.169. The summed E-state index contributed by atoms with van der Waals surface area (Å²) in [6.45, 7) is 25.3. The molecular weight excluding hydrogens is 595 g/mol. The predicted octanol–water partition coefficient (Wildman–Crippen LogP) is 9.29. The molecule has 38 heavy (non-hydrogen) atoms. The monoisotopic (exact) mass is 656 g/mol. The summed E-state index contributed by atoms with van der Waals surface area (Å²) < 4.78 is 17.9. The Hall–Kier alpha value is -0.604. The molecule has 7 heteroatoms. The maximum atomic E-state index is 13.4. The van der Waals surface area contributed by atoms with Crippen molar-refractivity contribution >= 4 is 42.1 Å². The third-order valence-electron chi connectivity index (χ3n) is 8.08. The Labute approximate surface area is 240 Å². The zero-order chi connectivity index (χ0) is 29.0. The molecule has 0 atom stereocenters. The molecule has 0 fully saturated rings. The summed E-state index contributed by atoms with van der Waals surface area (Å²) in [7, 11) is -1.83. The second-order valence-electron chi connectivity index (χ2n) is 13.6. The molecular formula is C31H60N2O3SiSn. The van der Waals surface area contributed by atoms with E-state index in [0.29, 0.717) is 13.2 Å². The van der Waals surface area contributed by atoms with Crippen molar-refractivity contribution in [1.82, 2.24) is 4.98 Å². The average Bonchev–Trinajstić information content (AvgIpc) is 2.82. The number of carbonyl (C=O) groups is 1. The van der Waals surface area contributed by atoms with Crippen LogP contribution in [0.15, 0.2) is 18.5 Å². The molecule has 1 aromatic heterocycles. The number of carbonyl (C=O) groups excluding carboxylic acids is 1. The van der Waals surface area contributed by atoms with Crippen LogP contribution < -0.4 is 8.48 Å². The molecule has 0 radical (unpaired) electrons. The van der Waals surface area contributed by atoms with Crippen LogP contribution in [-0.4, -0.2) is 56.5 Å². The van der Waals surface area contributed by atoms with E-state index in [1.54, 1.807) is 0 Å². The van der Waals surface area contributed by atoms with Crippen LogP contribution in [0.4, 0.5) is 10.5 Å². The van der Waals surface area contributed by atoms with Crippen LogP contribution in [0.5, 0.6) is 0 Å². The van der Waals surface area contributed by atoms with Crippen LogP contribution in [0, 0.1) is 0 Å². The van der Waals surface area contributed by atoms with Gasteiger partial charge in [-0.15, -0.1) is 0 Å². The summed E-state index contributed by atoms with van der Waals surface area (Å²) in [5.74, 6) is 0. The fourth-order valence-electron chi connectivity index (χ4n) is 4.63. The molecule has 0 aliphatic heterocycles. The average molecular weight is 656 g/mol. The van der Waals surface area contributed by atoms with Gasteiger partial charge < -0.3 is 0 Å². The first-order valence-corrected chi connectivity index (χ1v) is 25.6. The van der Waals surface area contributed by atoms with Crippen LogP contribution in [0.1, 0.15) is 107 Å². The molecule has 0 bridgehead atoms. The third kappa shape index (κ3) is 11.5. The second-order valence-corrected chi connectivity index (χ2v) is 31.7. The molecule has 0 saturated carbocycles. The van der Waals surface area contributed by atoms with Crippen LogP contribution in [-0.2, 0) is 9.16 Å². The van der Waals surface area contributed by atoms with Gasteiger partial charge in [0, 0.05) is 0 Å². The van der Waals surface area contributed by atoms with E-state index < -0.39 is 32.3 Å². The molecule has 0 aliphatic rings. The van der Waals surface area contributed by atoms with Crippen molar-refractivity contribution in [3.63, 3.8) is 0 Å². The standard InChI is InChI=1S/C19H33N2O3Si.3C4H9.Sn/c1-18(2,3)24-17(22)21(16-11-9-12-20-15-16)13-10-14-23-25(7,8)19(4,5)6;3*1-3-4-2;/h11-12,15H,10,13-14H2,1-8H3;3*1,3-4H2,2H3;. The predicted molar refractivity (Wildman–Crippen MR) is 170 cm³/mol. The molecule has 0 spiro atoms. The molecule has 0 unspecified atom stereocenters. The first-order chi connectivity index (χ1) is 17.6.